The zero-order valence-corrected chi connectivity index (χ0v) is 12.8. The van der Waals surface area contributed by atoms with Crippen LogP contribution in [0.5, 0.6) is 5.75 Å². The Morgan fingerprint density at radius 1 is 1.21 bits per heavy atom. The largest absolute Gasteiger partial charge is 0.486 e. The molecule has 19 heavy (non-hydrogen) atoms. The maximum Gasteiger partial charge on any atom is 0.165 e. The van der Waals surface area contributed by atoms with Crippen molar-refractivity contribution in [1.82, 2.24) is 0 Å². The second-order valence-corrected chi connectivity index (χ2v) is 5.25. The van der Waals surface area contributed by atoms with Gasteiger partial charge in [0.15, 0.2) is 11.6 Å². The lowest BCUT2D eigenvalue weighted by molar-refractivity contribution is 0.290. The van der Waals surface area contributed by atoms with Crippen LogP contribution in [-0.2, 0) is 11.9 Å². The third kappa shape index (κ3) is 3.71. The molecule has 0 heterocycles. The first kappa shape index (κ1) is 14.4. The Bertz CT molecular complexity index is 586. The zero-order valence-electron chi connectivity index (χ0n) is 10.4. The summed E-state index contributed by atoms with van der Waals surface area (Å²) >= 11 is 9.39. The van der Waals surface area contributed by atoms with Gasteiger partial charge in [-0.25, -0.2) is 4.39 Å². The first-order valence-corrected chi connectivity index (χ1v) is 7.32. The highest BCUT2D eigenvalue weighted by Gasteiger charge is 2.06. The van der Waals surface area contributed by atoms with E-state index >= 15 is 0 Å². The summed E-state index contributed by atoms with van der Waals surface area (Å²) in [6.45, 7) is 2.22. The molecule has 0 fully saturated rings. The Morgan fingerprint density at radius 2 is 2.00 bits per heavy atom. The molecule has 0 aliphatic rings. The molecule has 0 aliphatic carbocycles. The van der Waals surface area contributed by atoms with Crippen LogP contribution in [0.1, 0.15) is 16.7 Å². The van der Waals surface area contributed by atoms with Crippen molar-refractivity contribution in [3.05, 3.63) is 63.9 Å². The van der Waals surface area contributed by atoms with Crippen LogP contribution in [0.4, 0.5) is 4.39 Å². The lowest BCUT2D eigenvalue weighted by Crippen LogP contribution is -1.99. The number of hydrogen-bond donors (Lipinski definition) is 0. The Labute approximate surface area is 125 Å². The summed E-state index contributed by atoms with van der Waals surface area (Å²) in [7, 11) is 0. The maximum atomic E-state index is 13.7. The number of ether oxygens (including phenoxy) is 1. The molecule has 0 atom stereocenters. The summed E-state index contributed by atoms with van der Waals surface area (Å²) in [5, 5.41) is 1.26. The lowest BCUT2D eigenvalue weighted by atomic mass is 10.1. The highest BCUT2D eigenvalue weighted by Crippen LogP contribution is 2.23. The minimum Gasteiger partial charge on any atom is -0.486 e. The molecule has 0 saturated heterocycles. The quantitative estimate of drug-likeness (QED) is 0.688. The summed E-state index contributed by atoms with van der Waals surface area (Å²) in [5.74, 6) is -0.124. The van der Waals surface area contributed by atoms with Gasteiger partial charge in [-0.2, -0.15) is 0 Å². The van der Waals surface area contributed by atoms with E-state index < -0.39 is 0 Å². The Kier molecular flexibility index (Phi) is 4.83. The van der Waals surface area contributed by atoms with E-state index in [1.165, 1.54) is 6.07 Å². The predicted octanol–water partition coefficient (Wildman–Crippen LogP) is 5.26. The van der Waals surface area contributed by atoms with Gasteiger partial charge in [0.25, 0.3) is 0 Å². The van der Waals surface area contributed by atoms with E-state index in [0.717, 1.165) is 16.7 Å². The maximum absolute atomic E-state index is 13.7. The van der Waals surface area contributed by atoms with Gasteiger partial charge in [0.1, 0.15) is 6.61 Å². The van der Waals surface area contributed by atoms with E-state index in [4.69, 9.17) is 16.3 Å². The van der Waals surface area contributed by atoms with Crippen molar-refractivity contribution in [1.29, 1.82) is 0 Å². The molecule has 0 N–H and O–H groups in total. The molecule has 0 amide bonds. The minimum absolute atomic E-state index is 0.237. The molecule has 0 saturated carbocycles. The van der Waals surface area contributed by atoms with Crippen LogP contribution in [0.3, 0.4) is 0 Å². The number of benzene rings is 2. The highest BCUT2D eigenvalue weighted by atomic mass is 79.9. The minimum atomic E-state index is -0.361. The predicted molar refractivity (Wildman–Crippen MR) is 79.6 cm³/mol. The van der Waals surface area contributed by atoms with E-state index in [2.05, 4.69) is 15.9 Å². The lowest BCUT2D eigenvalue weighted by Gasteiger charge is -2.10. The van der Waals surface area contributed by atoms with E-state index in [-0.39, 0.29) is 18.2 Å². The average Bonchev–Trinajstić information content (AvgIpc) is 2.39. The van der Waals surface area contributed by atoms with E-state index in [9.17, 15) is 4.39 Å². The second kappa shape index (κ2) is 6.40. The van der Waals surface area contributed by atoms with Crippen LogP contribution in [0.2, 0.25) is 5.02 Å². The van der Waals surface area contributed by atoms with Gasteiger partial charge in [-0.15, -0.1) is 0 Å². The van der Waals surface area contributed by atoms with Crippen LogP contribution >= 0.6 is 27.5 Å². The molecule has 0 aromatic heterocycles. The van der Waals surface area contributed by atoms with Crippen LogP contribution < -0.4 is 4.74 Å². The SMILES string of the molecule is Cc1ccc(COc2ccc(CBr)cc2F)c(Cl)c1. The topological polar surface area (TPSA) is 9.23 Å². The van der Waals surface area contributed by atoms with Crippen molar-refractivity contribution in [3.8, 4) is 5.75 Å². The molecule has 100 valence electrons. The van der Waals surface area contributed by atoms with Crippen molar-refractivity contribution in [3.63, 3.8) is 0 Å². The number of alkyl halides is 1. The van der Waals surface area contributed by atoms with Crippen LogP contribution in [-0.4, -0.2) is 0 Å². The van der Waals surface area contributed by atoms with E-state index in [0.29, 0.717) is 10.4 Å². The monoisotopic (exact) mass is 342 g/mol. The van der Waals surface area contributed by atoms with Gasteiger partial charge in [-0.1, -0.05) is 45.7 Å². The number of aryl methyl sites for hydroxylation is 1. The van der Waals surface area contributed by atoms with E-state index in [1.807, 2.05) is 31.2 Å². The fourth-order valence-corrected chi connectivity index (χ4v) is 2.31. The molecule has 0 radical (unpaired) electrons. The first-order valence-electron chi connectivity index (χ1n) is 5.82. The Morgan fingerprint density at radius 3 is 2.63 bits per heavy atom. The molecule has 0 aliphatic heterocycles. The van der Waals surface area contributed by atoms with Gasteiger partial charge in [0, 0.05) is 15.9 Å². The van der Waals surface area contributed by atoms with Gasteiger partial charge in [-0.05, 0) is 36.2 Å². The summed E-state index contributed by atoms with van der Waals surface area (Å²) in [6, 6.07) is 10.6. The molecule has 2 aromatic rings. The summed E-state index contributed by atoms with van der Waals surface area (Å²) in [5.41, 5.74) is 2.80. The van der Waals surface area contributed by atoms with Gasteiger partial charge in [0.2, 0.25) is 0 Å². The molecule has 2 aromatic carbocycles. The van der Waals surface area contributed by atoms with Crippen molar-refractivity contribution in [2.45, 2.75) is 18.9 Å². The number of halogens is 3. The molecular weight excluding hydrogens is 331 g/mol. The summed E-state index contributed by atoms with van der Waals surface area (Å²) in [4.78, 5) is 0. The highest BCUT2D eigenvalue weighted by molar-refractivity contribution is 9.08. The Hall–Kier alpha value is -1.06. The normalized spacial score (nSPS) is 10.5. The van der Waals surface area contributed by atoms with Crippen molar-refractivity contribution < 1.29 is 9.13 Å². The van der Waals surface area contributed by atoms with Crippen molar-refractivity contribution in [2.75, 3.05) is 0 Å². The van der Waals surface area contributed by atoms with Gasteiger partial charge >= 0.3 is 0 Å². The van der Waals surface area contributed by atoms with Crippen molar-refractivity contribution in [2.24, 2.45) is 0 Å². The van der Waals surface area contributed by atoms with Gasteiger partial charge in [0.05, 0.1) is 0 Å². The van der Waals surface area contributed by atoms with Crippen LogP contribution in [0, 0.1) is 12.7 Å². The molecule has 0 unspecified atom stereocenters. The first-order chi connectivity index (χ1) is 9.10. The molecule has 1 nitrogen and oxygen atoms in total. The fraction of sp³-hybridized carbons (Fsp3) is 0.200. The Balaban J connectivity index is 2.10. The average molecular weight is 344 g/mol. The molecule has 0 bridgehead atoms. The van der Waals surface area contributed by atoms with E-state index in [1.54, 1.807) is 6.07 Å². The molecule has 2 rings (SSSR count). The number of rotatable bonds is 4. The summed E-state index contributed by atoms with van der Waals surface area (Å²) in [6.07, 6.45) is 0. The van der Waals surface area contributed by atoms with Gasteiger partial charge < -0.3 is 4.74 Å². The third-order valence-electron chi connectivity index (χ3n) is 2.74. The molecule has 4 heteroatoms. The van der Waals surface area contributed by atoms with Crippen LogP contribution in [0.25, 0.3) is 0 Å². The van der Waals surface area contributed by atoms with Crippen molar-refractivity contribution >= 4 is 27.5 Å². The standard InChI is InChI=1S/C15H13BrClFO/c1-10-2-4-12(13(17)6-10)9-19-15-5-3-11(8-16)7-14(15)18/h2-7H,8-9H2,1H3. The fourth-order valence-electron chi connectivity index (χ4n) is 1.67. The molecular formula is C15H13BrClFO. The van der Waals surface area contributed by atoms with Crippen LogP contribution in [0.15, 0.2) is 36.4 Å². The molecule has 0 spiro atoms. The van der Waals surface area contributed by atoms with Gasteiger partial charge in [-0.3, -0.25) is 0 Å². The zero-order chi connectivity index (χ0) is 13.8. The number of hydrogen-bond acceptors (Lipinski definition) is 1. The second-order valence-electron chi connectivity index (χ2n) is 4.28. The smallest absolute Gasteiger partial charge is 0.165 e. The third-order valence-corrected chi connectivity index (χ3v) is 3.74. The summed E-state index contributed by atoms with van der Waals surface area (Å²) < 4.78 is 19.2.